The molecule has 1 saturated heterocycles. The predicted molar refractivity (Wildman–Crippen MR) is 68.2 cm³/mol. The number of hydrogen-bond donors (Lipinski definition) is 0. The van der Waals surface area contributed by atoms with Crippen molar-refractivity contribution in [2.24, 2.45) is 0 Å². The summed E-state index contributed by atoms with van der Waals surface area (Å²) in [7, 11) is 0. The Morgan fingerprint density at radius 2 is 2.16 bits per heavy atom. The zero-order chi connectivity index (χ0) is 13.2. The van der Waals surface area contributed by atoms with Gasteiger partial charge in [-0.25, -0.2) is 0 Å². The van der Waals surface area contributed by atoms with Gasteiger partial charge in [-0.1, -0.05) is 35.5 Å². The summed E-state index contributed by atoms with van der Waals surface area (Å²) >= 11 is 0. The monoisotopic (exact) mass is 257 g/mol. The van der Waals surface area contributed by atoms with Gasteiger partial charge in [0.15, 0.2) is 5.82 Å². The van der Waals surface area contributed by atoms with Crippen LogP contribution in [0.1, 0.15) is 36.7 Å². The Balaban J connectivity index is 1.77. The molecule has 1 aliphatic heterocycles. The van der Waals surface area contributed by atoms with Gasteiger partial charge in [0.05, 0.1) is 6.04 Å². The molecule has 2 heterocycles. The van der Waals surface area contributed by atoms with Crippen LogP contribution in [-0.2, 0) is 4.79 Å². The Kier molecular flexibility index (Phi) is 3.03. The highest BCUT2D eigenvalue weighted by molar-refractivity contribution is 5.80. The molecule has 19 heavy (non-hydrogen) atoms. The average Bonchev–Trinajstić information content (AvgIpc) is 3.08. The third kappa shape index (κ3) is 2.23. The van der Waals surface area contributed by atoms with Crippen LogP contribution < -0.4 is 0 Å². The molecule has 98 valence electrons. The van der Waals surface area contributed by atoms with E-state index in [0.29, 0.717) is 18.8 Å². The fourth-order valence-corrected chi connectivity index (χ4v) is 2.55. The lowest BCUT2D eigenvalue weighted by molar-refractivity contribution is -0.129. The summed E-state index contributed by atoms with van der Waals surface area (Å²) in [5.74, 6) is 0.805. The number of amides is 1. The van der Waals surface area contributed by atoms with Gasteiger partial charge >= 0.3 is 0 Å². The second-order valence-corrected chi connectivity index (χ2v) is 4.82. The third-order valence-corrected chi connectivity index (χ3v) is 3.65. The van der Waals surface area contributed by atoms with Gasteiger partial charge < -0.3 is 9.42 Å². The van der Waals surface area contributed by atoms with E-state index in [9.17, 15) is 4.79 Å². The minimum absolute atomic E-state index is 0.0393. The van der Waals surface area contributed by atoms with Crippen LogP contribution in [0.15, 0.2) is 41.2 Å². The lowest BCUT2D eigenvalue weighted by Crippen LogP contribution is -2.28. The first-order valence-corrected chi connectivity index (χ1v) is 6.36. The summed E-state index contributed by atoms with van der Waals surface area (Å²) in [5, 5.41) is 3.83. The van der Waals surface area contributed by atoms with E-state index >= 15 is 0 Å². The molecule has 2 atom stereocenters. The molecule has 0 N–H and O–H groups in total. The van der Waals surface area contributed by atoms with Crippen LogP contribution in [0.5, 0.6) is 0 Å². The molecule has 2 unspecified atom stereocenters. The first-order chi connectivity index (χ1) is 9.25. The van der Waals surface area contributed by atoms with Gasteiger partial charge in [0.1, 0.15) is 0 Å². The number of hydrogen-bond acceptors (Lipinski definition) is 4. The highest BCUT2D eigenvalue weighted by Crippen LogP contribution is 2.32. The standard InChI is InChI=1S/C14H15N3O2/c1-10(11-5-3-2-4-6-11)17-8-12(7-13(17)18)14-15-9-19-16-14/h2-6,9-10,12H,7-8H2,1H3. The summed E-state index contributed by atoms with van der Waals surface area (Å²) in [6.07, 6.45) is 1.76. The lowest BCUT2D eigenvalue weighted by atomic mass is 10.1. The Morgan fingerprint density at radius 3 is 2.84 bits per heavy atom. The van der Waals surface area contributed by atoms with E-state index in [2.05, 4.69) is 10.1 Å². The van der Waals surface area contributed by atoms with Crippen LogP contribution in [0, 0.1) is 0 Å². The Labute approximate surface area is 111 Å². The second-order valence-electron chi connectivity index (χ2n) is 4.82. The maximum absolute atomic E-state index is 12.1. The van der Waals surface area contributed by atoms with E-state index in [1.807, 2.05) is 42.2 Å². The number of carbonyl (C=O) groups is 1. The molecule has 0 saturated carbocycles. The van der Waals surface area contributed by atoms with Crippen molar-refractivity contribution in [3.05, 3.63) is 48.1 Å². The molecule has 1 aromatic heterocycles. The maximum atomic E-state index is 12.1. The van der Waals surface area contributed by atoms with Gasteiger partial charge in [-0.05, 0) is 12.5 Å². The Morgan fingerprint density at radius 1 is 1.37 bits per heavy atom. The van der Waals surface area contributed by atoms with E-state index in [1.54, 1.807) is 0 Å². The minimum Gasteiger partial charge on any atom is -0.343 e. The molecule has 5 heteroatoms. The topological polar surface area (TPSA) is 59.2 Å². The van der Waals surface area contributed by atoms with Crippen molar-refractivity contribution in [1.82, 2.24) is 15.0 Å². The smallest absolute Gasteiger partial charge is 0.223 e. The quantitative estimate of drug-likeness (QED) is 0.845. The molecule has 1 aliphatic rings. The van der Waals surface area contributed by atoms with Crippen LogP contribution in [-0.4, -0.2) is 27.5 Å². The first kappa shape index (κ1) is 11.9. The lowest BCUT2D eigenvalue weighted by Gasteiger charge is -2.24. The summed E-state index contributed by atoms with van der Waals surface area (Å²) in [4.78, 5) is 18.1. The Bertz CT molecular complexity index is 553. The molecule has 3 rings (SSSR count). The van der Waals surface area contributed by atoms with Crippen molar-refractivity contribution in [3.63, 3.8) is 0 Å². The SMILES string of the molecule is CC(c1ccccc1)N1CC(c2ncon2)CC1=O. The van der Waals surface area contributed by atoms with Crippen molar-refractivity contribution in [3.8, 4) is 0 Å². The van der Waals surface area contributed by atoms with E-state index in [-0.39, 0.29) is 17.9 Å². The summed E-state index contributed by atoms with van der Waals surface area (Å²) in [5.41, 5.74) is 1.14. The van der Waals surface area contributed by atoms with Crippen LogP contribution in [0.2, 0.25) is 0 Å². The maximum Gasteiger partial charge on any atom is 0.223 e. The van der Waals surface area contributed by atoms with Crippen LogP contribution in [0.3, 0.4) is 0 Å². The molecule has 5 nitrogen and oxygen atoms in total. The number of carbonyl (C=O) groups excluding carboxylic acids is 1. The molecule has 1 fully saturated rings. The molecule has 0 bridgehead atoms. The van der Waals surface area contributed by atoms with Crippen molar-refractivity contribution < 1.29 is 9.32 Å². The fraction of sp³-hybridized carbons (Fsp3) is 0.357. The van der Waals surface area contributed by atoms with Gasteiger partial charge in [-0.2, -0.15) is 4.98 Å². The van der Waals surface area contributed by atoms with E-state index in [0.717, 1.165) is 5.56 Å². The third-order valence-electron chi connectivity index (χ3n) is 3.65. The minimum atomic E-state index is 0.0393. The van der Waals surface area contributed by atoms with Gasteiger partial charge in [-0.3, -0.25) is 4.79 Å². The molecular weight excluding hydrogens is 242 g/mol. The number of likely N-dealkylation sites (tertiary alicyclic amines) is 1. The molecule has 0 radical (unpaired) electrons. The number of rotatable bonds is 3. The Hall–Kier alpha value is -2.17. The number of aromatic nitrogens is 2. The van der Waals surface area contributed by atoms with Gasteiger partial charge in [0.25, 0.3) is 0 Å². The van der Waals surface area contributed by atoms with Crippen molar-refractivity contribution >= 4 is 5.91 Å². The summed E-state index contributed by atoms with van der Waals surface area (Å²) in [6.45, 7) is 2.69. The van der Waals surface area contributed by atoms with E-state index in [4.69, 9.17) is 4.52 Å². The average molecular weight is 257 g/mol. The molecule has 2 aromatic rings. The van der Waals surface area contributed by atoms with Crippen LogP contribution in [0.4, 0.5) is 0 Å². The highest BCUT2D eigenvalue weighted by atomic mass is 16.5. The zero-order valence-electron chi connectivity index (χ0n) is 10.7. The van der Waals surface area contributed by atoms with Gasteiger partial charge in [-0.15, -0.1) is 0 Å². The van der Waals surface area contributed by atoms with Crippen LogP contribution >= 0.6 is 0 Å². The van der Waals surface area contributed by atoms with Gasteiger partial charge in [0.2, 0.25) is 12.3 Å². The van der Waals surface area contributed by atoms with Crippen molar-refractivity contribution in [1.29, 1.82) is 0 Å². The first-order valence-electron chi connectivity index (χ1n) is 6.36. The molecule has 1 amide bonds. The van der Waals surface area contributed by atoms with Crippen LogP contribution in [0.25, 0.3) is 0 Å². The largest absolute Gasteiger partial charge is 0.343 e. The van der Waals surface area contributed by atoms with Crippen molar-refractivity contribution in [2.75, 3.05) is 6.54 Å². The molecule has 1 aromatic carbocycles. The normalized spacial score (nSPS) is 20.8. The van der Waals surface area contributed by atoms with Crippen molar-refractivity contribution in [2.45, 2.75) is 25.3 Å². The summed E-state index contributed by atoms with van der Waals surface area (Å²) in [6, 6.07) is 10.1. The predicted octanol–water partition coefficient (Wildman–Crippen LogP) is 2.15. The highest BCUT2D eigenvalue weighted by Gasteiger charge is 2.35. The molecule has 0 spiro atoms. The van der Waals surface area contributed by atoms with E-state index < -0.39 is 0 Å². The molecule has 0 aliphatic carbocycles. The number of nitrogens with zero attached hydrogens (tertiary/aromatic N) is 3. The zero-order valence-corrected chi connectivity index (χ0v) is 10.7. The number of benzene rings is 1. The summed E-state index contributed by atoms with van der Waals surface area (Å²) < 4.78 is 4.75. The second kappa shape index (κ2) is 4.84. The fourth-order valence-electron chi connectivity index (χ4n) is 2.55. The van der Waals surface area contributed by atoms with E-state index in [1.165, 1.54) is 6.39 Å². The van der Waals surface area contributed by atoms with Gasteiger partial charge in [0, 0.05) is 18.9 Å². The molecular formula is C14H15N3O2.